The average molecular weight is 420 g/mol. The molecule has 6 heteroatoms. The zero-order valence-electron chi connectivity index (χ0n) is 17.5. The van der Waals surface area contributed by atoms with Gasteiger partial charge in [0.05, 0.1) is 10.2 Å². The summed E-state index contributed by atoms with van der Waals surface area (Å²) >= 11 is 1.50. The number of nitrogens with zero attached hydrogens (tertiary/aromatic N) is 1. The maximum atomic E-state index is 12.2. The van der Waals surface area contributed by atoms with E-state index >= 15 is 0 Å². The minimum atomic E-state index is -0.797. The van der Waals surface area contributed by atoms with Crippen LogP contribution >= 0.6 is 11.3 Å². The Bertz CT molecular complexity index is 812. The van der Waals surface area contributed by atoms with E-state index in [1.807, 2.05) is 13.0 Å². The Morgan fingerprint density at radius 2 is 2.00 bits per heavy atom. The van der Waals surface area contributed by atoms with Gasteiger partial charge in [-0.15, -0.1) is 0 Å². The first-order valence-corrected chi connectivity index (χ1v) is 11.7. The van der Waals surface area contributed by atoms with Gasteiger partial charge in [-0.05, 0) is 55.7 Å². The lowest BCUT2D eigenvalue weighted by atomic mass is 9.69. The highest BCUT2D eigenvalue weighted by Gasteiger charge is 2.47. The molecule has 160 valence electrons. The Kier molecular flexibility index (Phi) is 7.52. The maximum Gasteiger partial charge on any atom is 0.313 e. The number of aliphatic hydroxyl groups excluding tert-OH is 1. The highest BCUT2D eigenvalue weighted by molar-refractivity contribution is 7.20. The van der Waals surface area contributed by atoms with E-state index in [0.29, 0.717) is 30.4 Å². The van der Waals surface area contributed by atoms with Crippen molar-refractivity contribution >= 4 is 27.5 Å². The molecule has 1 aliphatic carbocycles. The Hall–Kier alpha value is -1.66. The van der Waals surface area contributed by atoms with Crippen molar-refractivity contribution in [3.63, 3.8) is 0 Å². The number of carboxylic acids is 1. The zero-order valence-corrected chi connectivity index (χ0v) is 18.3. The number of aromatic nitrogens is 1. The number of hydrogen-bond acceptors (Lipinski definition) is 5. The molecule has 1 fully saturated rings. The van der Waals surface area contributed by atoms with Gasteiger partial charge in [0.25, 0.3) is 5.19 Å². The molecular weight excluding hydrogens is 386 g/mol. The van der Waals surface area contributed by atoms with Crippen LogP contribution in [0.5, 0.6) is 5.19 Å². The minimum absolute atomic E-state index is 0.225. The summed E-state index contributed by atoms with van der Waals surface area (Å²) in [7, 11) is 0. The van der Waals surface area contributed by atoms with Gasteiger partial charge < -0.3 is 14.9 Å². The van der Waals surface area contributed by atoms with Crippen LogP contribution in [0.2, 0.25) is 0 Å². The summed E-state index contributed by atoms with van der Waals surface area (Å²) < 4.78 is 7.30. The fraction of sp³-hybridized carbons (Fsp3) is 0.652. The lowest BCUT2D eigenvalue weighted by Gasteiger charge is -2.38. The van der Waals surface area contributed by atoms with Crippen LogP contribution < -0.4 is 4.74 Å². The molecule has 1 aliphatic rings. The highest BCUT2D eigenvalue weighted by atomic mass is 32.1. The quantitative estimate of drug-likeness (QED) is 0.536. The van der Waals surface area contributed by atoms with Crippen molar-refractivity contribution in [2.75, 3.05) is 6.61 Å². The number of fused-ring (bicyclic) bond motifs is 1. The average Bonchev–Trinajstić information content (AvgIpc) is 3.13. The number of hydrogen-bond donors (Lipinski definition) is 2. The molecule has 29 heavy (non-hydrogen) atoms. The van der Waals surface area contributed by atoms with Crippen LogP contribution in [0, 0.1) is 11.3 Å². The van der Waals surface area contributed by atoms with Gasteiger partial charge in [0, 0.05) is 6.61 Å². The van der Waals surface area contributed by atoms with E-state index in [9.17, 15) is 15.0 Å². The van der Waals surface area contributed by atoms with Crippen LogP contribution in [0.15, 0.2) is 18.2 Å². The molecule has 0 saturated heterocycles. The van der Waals surface area contributed by atoms with Gasteiger partial charge in [-0.1, -0.05) is 56.9 Å². The molecule has 2 atom stereocenters. The van der Waals surface area contributed by atoms with Gasteiger partial charge in [-0.25, -0.2) is 4.98 Å². The number of thiazole rings is 1. The molecule has 0 bridgehead atoms. The molecule has 5 nitrogen and oxygen atoms in total. The second-order valence-electron chi connectivity index (χ2n) is 8.31. The first kappa shape index (κ1) is 22.0. The molecule has 0 spiro atoms. The van der Waals surface area contributed by atoms with E-state index in [-0.39, 0.29) is 12.7 Å². The molecule has 0 radical (unpaired) electrons. The second-order valence-corrected chi connectivity index (χ2v) is 9.30. The lowest BCUT2D eigenvalue weighted by Crippen LogP contribution is -2.46. The van der Waals surface area contributed by atoms with E-state index in [4.69, 9.17) is 4.74 Å². The Balaban J connectivity index is 1.79. The van der Waals surface area contributed by atoms with E-state index in [1.54, 1.807) is 0 Å². The van der Waals surface area contributed by atoms with Crippen molar-refractivity contribution in [1.82, 2.24) is 4.98 Å². The standard InChI is InChI=1S/C23H33NO4S/c1-3-16(10-13-25)14-17-8-9-18-19(15-17)29-22(24-18)28-20(4-2)23(21(26)27)11-6-5-7-12-23/h8-9,15-16,20,25H,3-7,10-14H2,1-2H3,(H,26,27). The minimum Gasteiger partial charge on any atom is -0.481 e. The molecule has 1 aromatic heterocycles. The van der Waals surface area contributed by atoms with Crippen molar-refractivity contribution in [2.24, 2.45) is 11.3 Å². The van der Waals surface area contributed by atoms with E-state index in [0.717, 1.165) is 48.7 Å². The van der Waals surface area contributed by atoms with Crippen molar-refractivity contribution < 1.29 is 19.7 Å². The van der Waals surface area contributed by atoms with Crippen molar-refractivity contribution in [2.45, 2.75) is 77.7 Å². The topological polar surface area (TPSA) is 79.7 Å². The normalized spacial score (nSPS) is 18.4. The smallest absolute Gasteiger partial charge is 0.313 e. The molecule has 1 aromatic carbocycles. The first-order valence-electron chi connectivity index (χ1n) is 10.9. The monoisotopic (exact) mass is 419 g/mol. The molecule has 3 rings (SSSR count). The number of aliphatic carboxylic acids is 1. The number of carbonyl (C=O) groups is 1. The van der Waals surface area contributed by atoms with E-state index in [2.05, 4.69) is 24.0 Å². The summed E-state index contributed by atoms with van der Waals surface area (Å²) in [6, 6.07) is 6.28. The highest BCUT2D eigenvalue weighted by Crippen LogP contribution is 2.43. The van der Waals surface area contributed by atoms with Gasteiger partial charge in [0.15, 0.2) is 0 Å². The summed E-state index contributed by atoms with van der Waals surface area (Å²) in [5.74, 6) is -0.255. The second kappa shape index (κ2) is 9.90. The first-order chi connectivity index (χ1) is 14.0. The molecule has 2 aromatic rings. The molecule has 0 aliphatic heterocycles. The lowest BCUT2D eigenvalue weighted by molar-refractivity contribution is -0.158. The van der Waals surface area contributed by atoms with Crippen LogP contribution in [0.4, 0.5) is 0 Å². The summed E-state index contributed by atoms with van der Waals surface area (Å²) in [5.41, 5.74) is 1.34. The third kappa shape index (κ3) is 4.92. The number of carboxylic acid groups (broad SMARTS) is 1. The Labute approximate surface area is 177 Å². The van der Waals surface area contributed by atoms with Crippen LogP contribution in [0.25, 0.3) is 10.2 Å². The number of rotatable bonds is 10. The molecule has 1 saturated carbocycles. The Morgan fingerprint density at radius 1 is 1.24 bits per heavy atom. The van der Waals surface area contributed by atoms with Gasteiger partial charge in [0.2, 0.25) is 0 Å². The summed E-state index contributed by atoms with van der Waals surface area (Å²) in [4.78, 5) is 16.8. The molecule has 0 amide bonds. The number of aliphatic hydroxyl groups is 1. The van der Waals surface area contributed by atoms with Crippen molar-refractivity contribution in [3.8, 4) is 5.19 Å². The van der Waals surface area contributed by atoms with Crippen LogP contribution in [0.1, 0.15) is 70.8 Å². The maximum absolute atomic E-state index is 12.2. The van der Waals surface area contributed by atoms with Gasteiger partial charge in [-0.3, -0.25) is 4.79 Å². The predicted molar refractivity (Wildman–Crippen MR) is 117 cm³/mol. The van der Waals surface area contributed by atoms with Crippen LogP contribution in [0.3, 0.4) is 0 Å². The zero-order chi connectivity index (χ0) is 20.9. The molecule has 2 N–H and O–H groups in total. The fourth-order valence-corrected chi connectivity index (χ4v) is 5.58. The van der Waals surface area contributed by atoms with Crippen molar-refractivity contribution in [1.29, 1.82) is 0 Å². The summed E-state index contributed by atoms with van der Waals surface area (Å²) in [6.45, 7) is 4.39. The molecule has 1 heterocycles. The van der Waals surface area contributed by atoms with Gasteiger partial charge in [-0.2, -0.15) is 0 Å². The summed E-state index contributed by atoms with van der Waals surface area (Å²) in [5, 5.41) is 19.8. The number of ether oxygens (including phenoxy) is 1. The van der Waals surface area contributed by atoms with Crippen LogP contribution in [-0.4, -0.2) is 33.9 Å². The van der Waals surface area contributed by atoms with E-state index in [1.165, 1.54) is 16.9 Å². The number of benzene rings is 1. The van der Waals surface area contributed by atoms with Gasteiger partial charge >= 0.3 is 5.97 Å². The SMILES string of the molecule is CCC(CCO)Cc1ccc2nc(OC(CC)C3(C(=O)O)CCCCC3)sc2c1. The third-order valence-corrected chi connectivity index (χ3v) is 7.38. The van der Waals surface area contributed by atoms with Crippen molar-refractivity contribution in [3.05, 3.63) is 23.8 Å². The third-order valence-electron chi connectivity index (χ3n) is 6.47. The van der Waals surface area contributed by atoms with Gasteiger partial charge in [0.1, 0.15) is 11.5 Å². The fourth-order valence-electron chi connectivity index (χ4n) is 4.66. The summed E-state index contributed by atoms with van der Waals surface area (Å²) in [6.07, 6.45) is 7.47. The molecule has 2 unspecified atom stereocenters. The molecular formula is C23H33NO4S. The Morgan fingerprint density at radius 3 is 2.62 bits per heavy atom. The van der Waals surface area contributed by atoms with E-state index < -0.39 is 11.4 Å². The predicted octanol–water partition coefficient (Wildman–Crippen LogP) is 5.44. The van der Waals surface area contributed by atoms with Crippen LogP contribution in [-0.2, 0) is 11.2 Å². The largest absolute Gasteiger partial charge is 0.481 e.